The summed E-state index contributed by atoms with van der Waals surface area (Å²) in [5.41, 5.74) is 3.94. The minimum Gasteiger partial charge on any atom is -0.497 e. The SMILES string of the molecule is COc1cccc(NC(=O)CCSc2nnc(CNc3ccc(C)cc3)n2-c2ccccc2)c1. The number of hydrogen-bond acceptors (Lipinski definition) is 6. The van der Waals surface area contributed by atoms with Crippen LogP contribution < -0.4 is 15.4 Å². The molecule has 0 spiro atoms. The van der Waals surface area contributed by atoms with Crippen molar-refractivity contribution in [3.05, 3.63) is 90.3 Å². The van der Waals surface area contributed by atoms with Crippen molar-refractivity contribution in [2.24, 2.45) is 0 Å². The number of methoxy groups -OCH3 is 1. The van der Waals surface area contributed by atoms with Gasteiger partial charge in [-0.2, -0.15) is 0 Å². The first-order chi connectivity index (χ1) is 16.6. The van der Waals surface area contributed by atoms with Gasteiger partial charge in [0.25, 0.3) is 0 Å². The Bertz CT molecular complexity index is 1230. The van der Waals surface area contributed by atoms with E-state index in [2.05, 4.69) is 52.0 Å². The summed E-state index contributed by atoms with van der Waals surface area (Å²) in [6.45, 7) is 2.60. The number of aryl methyl sites for hydroxylation is 1. The van der Waals surface area contributed by atoms with Crippen molar-refractivity contribution in [3.8, 4) is 11.4 Å². The van der Waals surface area contributed by atoms with Crippen LogP contribution in [-0.2, 0) is 11.3 Å². The standard InChI is InChI=1S/C26H27N5O2S/c1-19-11-13-20(14-12-19)27-18-24-29-30-26(31(24)22-8-4-3-5-9-22)34-16-15-25(32)28-21-7-6-10-23(17-21)33-2/h3-14,17,27H,15-16,18H2,1-2H3,(H,28,32). The van der Waals surface area contributed by atoms with Crippen molar-refractivity contribution < 1.29 is 9.53 Å². The van der Waals surface area contributed by atoms with E-state index in [0.29, 0.717) is 30.2 Å². The van der Waals surface area contributed by atoms with Crippen molar-refractivity contribution in [1.82, 2.24) is 14.8 Å². The summed E-state index contributed by atoms with van der Waals surface area (Å²) in [4.78, 5) is 12.4. The van der Waals surface area contributed by atoms with Gasteiger partial charge < -0.3 is 15.4 Å². The summed E-state index contributed by atoms with van der Waals surface area (Å²) in [5, 5.41) is 15.9. The second kappa shape index (κ2) is 11.4. The number of carbonyl (C=O) groups is 1. The van der Waals surface area contributed by atoms with Crippen LogP contribution in [0.3, 0.4) is 0 Å². The number of rotatable bonds is 10. The van der Waals surface area contributed by atoms with Crippen LogP contribution in [-0.4, -0.2) is 33.5 Å². The Labute approximate surface area is 203 Å². The van der Waals surface area contributed by atoms with E-state index in [9.17, 15) is 4.79 Å². The summed E-state index contributed by atoms with van der Waals surface area (Å²) < 4.78 is 7.24. The largest absolute Gasteiger partial charge is 0.497 e. The minimum absolute atomic E-state index is 0.0622. The molecule has 34 heavy (non-hydrogen) atoms. The topological polar surface area (TPSA) is 81.1 Å². The molecule has 4 aromatic rings. The first-order valence-corrected chi connectivity index (χ1v) is 12.0. The van der Waals surface area contributed by atoms with Crippen molar-refractivity contribution in [3.63, 3.8) is 0 Å². The zero-order valence-corrected chi connectivity index (χ0v) is 20.0. The van der Waals surface area contributed by atoms with Crippen LogP contribution in [0.4, 0.5) is 11.4 Å². The van der Waals surface area contributed by atoms with Gasteiger partial charge in [0.15, 0.2) is 11.0 Å². The van der Waals surface area contributed by atoms with Crippen LogP contribution in [0.5, 0.6) is 5.75 Å². The van der Waals surface area contributed by atoms with Gasteiger partial charge in [0.05, 0.1) is 13.7 Å². The lowest BCUT2D eigenvalue weighted by Crippen LogP contribution is -2.12. The number of anilines is 2. The lowest BCUT2D eigenvalue weighted by Gasteiger charge is -2.12. The molecule has 0 saturated carbocycles. The Balaban J connectivity index is 1.41. The minimum atomic E-state index is -0.0622. The Hall–Kier alpha value is -3.78. The van der Waals surface area contributed by atoms with E-state index in [-0.39, 0.29) is 5.91 Å². The monoisotopic (exact) mass is 473 g/mol. The van der Waals surface area contributed by atoms with Crippen molar-refractivity contribution >= 4 is 29.0 Å². The van der Waals surface area contributed by atoms with Crippen molar-refractivity contribution in [2.75, 3.05) is 23.5 Å². The molecule has 1 aromatic heterocycles. The molecule has 0 aliphatic carbocycles. The number of para-hydroxylation sites is 1. The van der Waals surface area contributed by atoms with Gasteiger partial charge in [-0.05, 0) is 43.3 Å². The molecule has 4 rings (SSSR count). The molecule has 0 aliphatic rings. The maximum absolute atomic E-state index is 12.4. The Kier molecular flexibility index (Phi) is 7.83. The molecule has 0 atom stereocenters. The molecule has 2 N–H and O–H groups in total. The molecule has 3 aromatic carbocycles. The molecule has 7 nitrogen and oxygen atoms in total. The van der Waals surface area contributed by atoms with Crippen LogP contribution in [0.15, 0.2) is 84.0 Å². The first kappa shape index (κ1) is 23.4. The molecule has 1 heterocycles. The van der Waals surface area contributed by atoms with Gasteiger partial charge in [0.1, 0.15) is 5.75 Å². The molecule has 0 fully saturated rings. The molecule has 0 aliphatic heterocycles. The van der Waals surface area contributed by atoms with Crippen molar-refractivity contribution in [2.45, 2.75) is 25.0 Å². The van der Waals surface area contributed by atoms with E-state index in [4.69, 9.17) is 4.74 Å². The summed E-state index contributed by atoms with van der Waals surface area (Å²) >= 11 is 1.51. The Morgan fingerprint density at radius 3 is 2.53 bits per heavy atom. The molecular weight excluding hydrogens is 446 g/mol. The highest BCUT2D eigenvalue weighted by Crippen LogP contribution is 2.24. The third-order valence-electron chi connectivity index (χ3n) is 5.13. The molecular formula is C26H27N5O2S. The fourth-order valence-electron chi connectivity index (χ4n) is 3.36. The normalized spacial score (nSPS) is 10.6. The van der Waals surface area contributed by atoms with Crippen LogP contribution in [0.25, 0.3) is 5.69 Å². The first-order valence-electron chi connectivity index (χ1n) is 11.0. The number of aromatic nitrogens is 3. The highest BCUT2D eigenvalue weighted by Gasteiger charge is 2.15. The maximum atomic E-state index is 12.4. The third-order valence-corrected chi connectivity index (χ3v) is 6.06. The highest BCUT2D eigenvalue weighted by molar-refractivity contribution is 7.99. The van der Waals surface area contributed by atoms with E-state index in [1.807, 2.05) is 53.1 Å². The van der Waals surface area contributed by atoms with Gasteiger partial charge in [0.2, 0.25) is 5.91 Å². The van der Waals surface area contributed by atoms with Crippen LogP contribution >= 0.6 is 11.8 Å². The second-order valence-electron chi connectivity index (χ2n) is 7.67. The number of amides is 1. The molecule has 1 amide bonds. The quantitative estimate of drug-likeness (QED) is 0.304. The smallest absolute Gasteiger partial charge is 0.225 e. The Morgan fingerprint density at radius 1 is 0.971 bits per heavy atom. The second-order valence-corrected chi connectivity index (χ2v) is 8.73. The fraction of sp³-hybridized carbons (Fsp3) is 0.192. The van der Waals surface area contributed by atoms with E-state index in [0.717, 1.165) is 22.4 Å². The number of carbonyl (C=O) groups excluding carboxylic acids is 1. The molecule has 8 heteroatoms. The van der Waals surface area contributed by atoms with Gasteiger partial charge in [0, 0.05) is 35.3 Å². The summed E-state index contributed by atoms with van der Waals surface area (Å²) in [7, 11) is 1.60. The predicted octanol–water partition coefficient (Wildman–Crippen LogP) is 5.32. The summed E-state index contributed by atoms with van der Waals surface area (Å²) in [5.74, 6) is 2.02. The van der Waals surface area contributed by atoms with Crippen LogP contribution in [0, 0.1) is 6.92 Å². The molecule has 0 unspecified atom stereocenters. The average molecular weight is 474 g/mol. The number of nitrogens with one attached hydrogen (secondary N) is 2. The number of ether oxygens (including phenoxy) is 1. The number of benzene rings is 3. The molecule has 174 valence electrons. The number of nitrogens with zero attached hydrogens (tertiary/aromatic N) is 3. The van der Waals surface area contributed by atoms with Crippen LogP contribution in [0.1, 0.15) is 17.8 Å². The van der Waals surface area contributed by atoms with Gasteiger partial charge in [-0.3, -0.25) is 9.36 Å². The lowest BCUT2D eigenvalue weighted by molar-refractivity contribution is -0.115. The van der Waals surface area contributed by atoms with E-state index in [1.54, 1.807) is 13.2 Å². The summed E-state index contributed by atoms with van der Waals surface area (Å²) in [6.07, 6.45) is 0.348. The molecule has 0 bridgehead atoms. The Morgan fingerprint density at radius 2 is 1.76 bits per heavy atom. The number of thioether (sulfide) groups is 1. The van der Waals surface area contributed by atoms with Gasteiger partial charge in [-0.1, -0.05) is 53.7 Å². The summed E-state index contributed by atoms with van der Waals surface area (Å²) in [6, 6.07) is 25.6. The van der Waals surface area contributed by atoms with E-state index >= 15 is 0 Å². The fourth-order valence-corrected chi connectivity index (χ4v) is 4.27. The zero-order valence-electron chi connectivity index (χ0n) is 19.2. The molecule has 0 radical (unpaired) electrons. The molecule has 0 saturated heterocycles. The average Bonchev–Trinajstić information content (AvgIpc) is 3.27. The van der Waals surface area contributed by atoms with Crippen LogP contribution in [0.2, 0.25) is 0 Å². The van der Waals surface area contributed by atoms with E-state index < -0.39 is 0 Å². The van der Waals surface area contributed by atoms with Crippen molar-refractivity contribution in [1.29, 1.82) is 0 Å². The lowest BCUT2D eigenvalue weighted by atomic mass is 10.2. The highest BCUT2D eigenvalue weighted by atomic mass is 32.2. The number of hydrogen-bond donors (Lipinski definition) is 2. The van der Waals surface area contributed by atoms with Gasteiger partial charge >= 0.3 is 0 Å². The van der Waals surface area contributed by atoms with Gasteiger partial charge in [-0.15, -0.1) is 10.2 Å². The predicted molar refractivity (Wildman–Crippen MR) is 137 cm³/mol. The third kappa shape index (κ3) is 6.17. The van der Waals surface area contributed by atoms with E-state index in [1.165, 1.54) is 17.3 Å². The zero-order chi connectivity index (χ0) is 23.8. The van der Waals surface area contributed by atoms with Gasteiger partial charge in [-0.25, -0.2) is 0 Å². The maximum Gasteiger partial charge on any atom is 0.225 e.